The standard InChI is InChI=1S/C16H32N4.HI/c1-17-16(19-14-8-4-3-5-9-14)18-12-13-20(2)15-10-6-7-11-15;/h14-15H,3-13H2,1-2H3,(H2,17,18,19);1H. The number of nitrogens with zero attached hydrogens (tertiary/aromatic N) is 2. The average Bonchev–Trinajstić information content (AvgIpc) is 3.01. The van der Waals surface area contributed by atoms with Gasteiger partial charge in [-0.2, -0.15) is 0 Å². The van der Waals surface area contributed by atoms with Crippen LogP contribution in [-0.4, -0.2) is 50.1 Å². The molecule has 2 N–H and O–H groups in total. The highest BCUT2D eigenvalue weighted by Crippen LogP contribution is 2.21. The van der Waals surface area contributed by atoms with Crippen LogP contribution in [0.25, 0.3) is 0 Å². The number of rotatable bonds is 5. The number of halogens is 1. The van der Waals surface area contributed by atoms with Crippen molar-refractivity contribution in [2.24, 2.45) is 4.99 Å². The number of likely N-dealkylation sites (N-methyl/N-ethyl adjacent to an activating group) is 1. The van der Waals surface area contributed by atoms with Gasteiger partial charge in [0.15, 0.2) is 5.96 Å². The summed E-state index contributed by atoms with van der Waals surface area (Å²) >= 11 is 0. The highest BCUT2D eigenvalue weighted by Gasteiger charge is 2.19. The topological polar surface area (TPSA) is 39.7 Å². The molecule has 21 heavy (non-hydrogen) atoms. The van der Waals surface area contributed by atoms with Crippen LogP contribution in [0.5, 0.6) is 0 Å². The molecule has 0 heterocycles. The van der Waals surface area contributed by atoms with E-state index in [0.29, 0.717) is 6.04 Å². The molecule has 0 unspecified atom stereocenters. The van der Waals surface area contributed by atoms with Gasteiger partial charge in [0.05, 0.1) is 0 Å². The quantitative estimate of drug-likeness (QED) is 0.418. The van der Waals surface area contributed by atoms with Gasteiger partial charge >= 0.3 is 0 Å². The Morgan fingerprint density at radius 3 is 2.29 bits per heavy atom. The maximum atomic E-state index is 4.35. The van der Waals surface area contributed by atoms with Crippen molar-refractivity contribution >= 4 is 29.9 Å². The first-order valence-corrected chi connectivity index (χ1v) is 8.47. The van der Waals surface area contributed by atoms with Crippen molar-refractivity contribution < 1.29 is 0 Å². The van der Waals surface area contributed by atoms with E-state index in [1.165, 1.54) is 57.8 Å². The van der Waals surface area contributed by atoms with Gasteiger partial charge in [-0.3, -0.25) is 4.99 Å². The zero-order chi connectivity index (χ0) is 14.2. The molecule has 5 heteroatoms. The second kappa shape index (κ2) is 10.6. The van der Waals surface area contributed by atoms with E-state index in [4.69, 9.17) is 0 Å². The first-order valence-electron chi connectivity index (χ1n) is 8.47. The zero-order valence-corrected chi connectivity index (χ0v) is 16.1. The van der Waals surface area contributed by atoms with Crippen LogP contribution in [0, 0.1) is 0 Å². The number of nitrogens with one attached hydrogen (secondary N) is 2. The second-order valence-electron chi connectivity index (χ2n) is 6.40. The molecule has 0 aromatic rings. The molecule has 0 spiro atoms. The Balaban J connectivity index is 0.00000220. The van der Waals surface area contributed by atoms with Gasteiger partial charge in [-0.25, -0.2) is 0 Å². The van der Waals surface area contributed by atoms with Crippen molar-refractivity contribution in [3.63, 3.8) is 0 Å². The molecule has 2 aliphatic rings. The third-order valence-corrected chi connectivity index (χ3v) is 4.87. The van der Waals surface area contributed by atoms with E-state index in [1.54, 1.807) is 0 Å². The number of guanidine groups is 1. The summed E-state index contributed by atoms with van der Waals surface area (Å²) in [4.78, 5) is 6.86. The third kappa shape index (κ3) is 6.72. The Labute approximate surface area is 147 Å². The fourth-order valence-corrected chi connectivity index (χ4v) is 3.51. The van der Waals surface area contributed by atoms with E-state index >= 15 is 0 Å². The van der Waals surface area contributed by atoms with E-state index < -0.39 is 0 Å². The summed E-state index contributed by atoms with van der Waals surface area (Å²) < 4.78 is 0. The lowest BCUT2D eigenvalue weighted by atomic mass is 9.96. The van der Waals surface area contributed by atoms with Gasteiger partial charge in [0, 0.05) is 32.2 Å². The molecule has 0 aliphatic heterocycles. The van der Waals surface area contributed by atoms with Crippen molar-refractivity contribution in [1.82, 2.24) is 15.5 Å². The summed E-state index contributed by atoms with van der Waals surface area (Å²) in [5.74, 6) is 0.983. The van der Waals surface area contributed by atoms with E-state index in [0.717, 1.165) is 25.1 Å². The summed E-state index contributed by atoms with van der Waals surface area (Å²) in [6.45, 7) is 2.09. The van der Waals surface area contributed by atoms with Crippen LogP contribution in [0.4, 0.5) is 0 Å². The lowest BCUT2D eigenvalue weighted by molar-refractivity contribution is 0.249. The van der Waals surface area contributed by atoms with Crippen LogP contribution < -0.4 is 10.6 Å². The zero-order valence-electron chi connectivity index (χ0n) is 13.7. The molecule has 0 radical (unpaired) electrons. The molecule has 124 valence electrons. The number of hydrogen-bond acceptors (Lipinski definition) is 2. The van der Waals surface area contributed by atoms with E-state index in [2.05, 4.69) is 27.6 Å². The smallest absolute Gasteiger partial charge is 0.191 e. The number of aliphatic imine (C=N–C) groups is 1. The van der Waals surface area contributed by atoms with Crippen LogP contribution in [0.3, 0.4) is 0 Å². The van der Waals surface area contributed by atoms with Crippen molar-refractivity contribution in [2.45, 2.75) is 69.9 Å². The molecule has 2 aliphatic carbocycles. The Morgan fingerprint density at radius 1 is 1.05 bits per heavy atom. The second-order valence-corrected chi connectivity index (χ2v) is 6.40. The molecule has 0 bridgehead atoms. The van der Waals surface area contributed by atoms with Gasteiger partial charge in [0.1, 0.15) is 0 Å². The molecular weight excluding hydrogens is 375 g/mol. The normalized spacial score (nSPS) is 21.4. The fourth-order valence-electron chi connectivity index (χ4n) is 3.51. The summed E-state index contributed by atoms with van der Waals surface area (Å²) in [5, 5.41) is 7.04. The van der Waals surface area contributed by atoms with Crippen LogP contribution in [0.1, 0.15) is 57.8 Å². The number of hydrogen-bond donors (Lipinski definition) is 2. The Hall–Kier alpha value is -0.0400. The van der Waals surface area contributed by atoms with Crippen LogP contribution >= 0.6 is 24.0 Å². The Morgan fingerprint density at radius 2 is 1.67 bits per heavy atom. The van der Waals surface area contributed by atoms with E-state index in [-0.39, 0.29) is 24.0 Å². The Bertz CT molecular complexity index is 297. The molecule has 0 aromatic carbocycles. The molecule has 0 saturated heterocycles. The highest BCUT2D eigenvalue weighted by molar-refractivity contribution is 14.0. The first kappa shape index (κ1) is 19.0. The largest absolute Gasteiger partial charge is 0.355 e. The molecule has 2 fully saturated rings. The molecule has 0 atom stereocenters. The summed E-state index contributed by atoms with van der Waals surface area (Å²) in [7, 11) is 4.13. The van der Waals surface area contributed by atoms with Crippen molar-refractivity contribution in [3.8, 4) is 0 Å². The van der Waals surface area contributed by atoms with Gasteiger partial charge in [-0.1, -0.05) is 32.1 Å². The molecular formula is C16H33IN4. The Kier molecular flexibility index (Phi) is 9.64. The SMILES string of the molecule is CN=C(NCCN(C)C1CCCC1)NC1CCCCC1.I. The summed E-state index contributed by atoms with van der Waals surface area (Å²) in [6.07, 6.45) is 12.3. The minimum atomic E-state index is 0. The minimum Gasteiger partial charge on any atom is -0.355 e. The maximum absolute atomic E-state index is 4.35. The predicted octanol–water partition coefficient (Wildman–Crippen LogP) is 2.98. The summed E-state index contributed by atoms with van der Waals surface area (Å²) in [6, 6.07) is 1.44. The van der Waals surface area contributed by atoms with Gasteiger partial charge in [0.2, 0.25) is 0 Å². The molecule has 4 nitrogen and oxygen atoms in total. The minimum absolute atomic E-state index is 0. The monoisotopic (exact) mass is 408 g/mol. The fraction of sp³-hybridized carbons (Fsp3) is 0.938. The first-order chi connectivity index (χ1) is 9.79. The highest BCUT2D eigenvalue weighted by atomic mass is 127. The van der Waals surface area contributed by atoms with Gasteiger partial charge in [0.25, 0.3) is 0 Å². The van der Waals surface area contributed by atoms with E-state index in [1.807, 2.05) is 7.05 Å². The molecule has 2 rings (SSSR count). The molecule has 0 aromatic heterocycles. The van der Waals surface area contributed by atoms with E-state index in [9.17, 15) is 0 Å². The van der Waals surface area contributed by atoms with Gasteiger partial charge in [-0.15, -0.1) is 24.0 Å². The van der Waals surface area contributed by atoms with Crippen LogP contribution in [0.15, 0.2) is 4.99 Å². The maximum Gasteiger partial charge on any atom is 0.191 e. The van der Waals surface area contributed by atoms with Crippen molar-refractivity contribution in [1.29, 1.82) is 0 Å². The van der Waals surface area contributed by atoms with Crippen molar-refractivity contribution in [2.75, 3.05) is 27.2 Å². The molecule has 2 saturated carbocycles. The average molecular weight is 408 g/mol. The van der Waals surface area contributed by atoms with Gasteiger partial charge < -0.3 is 15.5 Å². The summed E-state index contributed by atoms with van der Waals surface area (Å²) in [5.41, 5.74) is 0. The third-order valence-electron chi connectivity index (χ3n) is 4.87. The van der Waals surface area contributed by atoms with Crippen LogP contribution in [-0.2, 0) is 0 Å². The molecule has 0 amide bonds. The van der Waals surface area contributed by atoms with Gasteiger partial charge in [-0.05, 0) is 32.7 Å². The van der Waals surface area contributed by atoms with Crippen molar-refractivity contribution in [3.05, 3.63) is 0 Å². The lowest BCUT2D eigenvalue weighted by Gasteiger charge is -2.27. The van der Waals surface area contributed by atoms with Crippen LogP contribution in [0.2, 0.25) is 0 Å². The predicted molar refractivity (Wildman–Crippen MR) is 102 cm³/mol. The lowest BCUT2D eigenvalue weighted by Crippen LogP contribution is -2.46.